The van der Waals surface area contributed by atoms with Gasteiger partial charge in [0.2, 0.25) is 11.6 Å². The molecule has 80 heavy (non-hydrogen) atoms. The Balaban J connectivity index is 0.000000143. The summed E-state index contributed by atoms with van der Waals surface area (Å²) in [5, 5.41) is 25.4. The number of rotatable bonds is 13. The van der Waals surface area contributed by atoms with Crippen LogP contribution in [-0.2, 0) is 30.8 Å². The Bertz CT molecular complexity index is 3540. The number of hydrogen-bond acceptors (Lipinski definition) is 12. The van der Waals surface area contributed by atoms with Crippen LogP contribution in [0.1, 0.15) is 120 Å². The Morgan fingerprint density at radius 3 is 2.35 bits per heavy atom. The monoisotopic (exact) mass is 1090 g/mol. The number of pyridine rings is 1. The molecule has 17 heteroatoms. The van der Waals surface area contributed by atoms with Gasteiger partial charge in [-0.05, 0) is 113 Å². The number of likely N-dealkylation sites (tertiary alicyclic amines) is 1. The number of anilines is 2. The number of hydrogen-bond donors (Lipinski definition) is 3. The number of carbonyl (C=O) groups is 1. The van der Waals surface area contributed by atoms with Crippen LogP contribution in [0, 0.1) is 12.8 Å². The number of amides is 1. The minimum absolute atomic E-state index is 0.155. The number of aromatic amines is 1. The highest BCUT2D eigenvalue weighted by atomic mass is 16.5. The molecule has 3 aromatic carbocycles. The van der Waals surface area contributed by atoms with Gasteiger partial charge in [-0.2, -0.15) is 14.8 Å². The fourth-order valence-electron chi connectivity index (χ4n) is 11.5. The van der Waals surface area contributed by atoms with Crippen LogP contribution < -0.4 is 34.6 Å². The number of aromatic hydroxyl groups is 1. The van der Waals surface area contributed by atoms with E-state index in [2.05, 4.69) is 105 Å². The molecule has 5 aromatic heterocycles. The quantitative estimate of drug-likeness (QED) is 0.0735. The molecule has 422 valence electrons. The average molecular weight is 1090 g/mol. The van der Waals surface area contributed by atoms with Gasteiger partial charge in [0.05, 0.1) is 55.9 Å². The Labute approximate surface area is 469 Å². The van der Waals surface area contributed by atoms with Gasteiger partial charge in [-0.3, -0.25) is 14.4 Å². The smallest absolute Gasteiger partial charge is 0.347 e. The maximum absolute atomic E-state index is 12.5. The summed E-state index contributed by atoms with van der Waals surface area (Å²) in [7, 11) is 4.86. The van der Waals surface area contributed by atoms with Gasteiger partial charge in [0, 0.05) is 104 Å². The molecule has 1 unspecified atom stereocenters. The number of allylic oxidation sites excluding steroid dienone is 1. The molecule has 1 saturated carbocycles. The van der Waals surface area contributed by atoms with Gasteiger partial charge in [-0.15, -0.1) is 0 Å². The van der Waals surface area contributed by atoms with E-state index in [0.717, 1.165) is 140 Å². The lowest BCUT2D eigenvalue weighted by atomic mass is 9.95. The zero-order valence-electron chi connectivity index (χ0n) is 48.3. The summed E-state index contributed by atoms with van der Waals surface area (Å²) in [5.41, 5.74) is 9.44. The van der Waals surface area contributed by atoms with E-state index in [0.29, 0.717) is 40.4 Å². The SMILES string of the molecule is CC.CCN(CC)c1ccc2cc(-c3nc4c([nH]3)C(C)C=C4)c(=O)oc2c1.CCn1cc(CN2CCC(n3nccc3NC(=O)C3CCCC3)CC2)c(C)n1.COc1cc2c(cc1O)-c1cc3ccc(OC)c(OC)c3c[n+]1CC2. The fourth-order valence-corrected chi connectivity index (χ4v) is 11.5. The number of fused-ring (bicyclic) bond motifs is 6. The van der Waals surface area contributed by atoms with Crippen molar-refractivity contribution in [2.24, 2.45) is 5.92 Å². The second-order valence-electron chi connectivity index (χ2n) is 20.7. The van der Waals surface area contributed by atoms with Crippen LogP contribution >= 0.6 is 0 Å². The molecule has 2 fully saturated rings. The summed E-state index contributed by atoms with van der Waals surface area (Å²) in [4.78, 5) is 37.5. The highest BCUT2D eigenvalue weighted by Crippen LogP contribution is 2.40. The number of carbonyl (C=O) groups excluding carboxylic acids is 1. The zero-order valence-corrected chi connectivity index (χ0v) is 48.3. The van der Waals surface area contributed by atoms with Crippen LogP contribution in [0.4, 0.5) is 11.5 Å². The molecule has 1 amide bonds. The van der Waals surface area contributed by atoms with Gasteiger partial charge in [-0.25, -0.2) is 14.5 Å². The van der Waals surface area contributed by atoms with Crippen LogP contribution in [0.15, 0.2) is 94.5 Å². The minimum Gasteiger partial charge on any atom is -0.504 e. The van der Waals surface area contributed by atoms with Crippen LogP contribution in [0.25, 0.3) is 50.5 Å². The number of methoxy groups -OCH3 is 3. The summed E-state index contributed by atoms with van der Waals surface area (Å²) >= 11 is 0. The van der Waals surface area contributed by atoms with Gasteiger partial charge in [0.15, 0.2) is 35.7 Å². The maximum Gasteiger partial charge on any atom is 0.347 e. The highest BCUT2D eigenvalue weighted by molar-refractivity contribution is 5.93. The molecule has 12 rings (SSSR count). The van der Waals surface area contributed by atoms with Crippen LogP contribution in [0.3, 0.4) is 0 Å². The first-order valence-corrected chi connectivity index (χ1v) is 28.6. The number of H-pyrrole nitrogens is 1. The van der Waals surface area contributed by atoms with Crippen LogP contribution in [-0.4, -0.2) is 93.0 Å². The Kier molecular flexibility index (Phi) is 18.1. The number of piperidine rings is 1. The predicted molar refractivity (Wildman–Crippen MR) is 316 cm³/mol. The summed E-state index contributed by atoms with van der Waals surface area (Å²) in [6.07, 6.45) is 17.5. The Morgan fingerprint density at radius 2 is 1.66 bits per heavy atom. The lowest BCUT2D eigenvalue weighted by Gasteiger charge is -2.32. The summed E-state index contributed by atoms with van der Waals surface area (Å²) in [6, 6.07) is 19.9. The van der Waals surface area contributed by atoms with E-state index in [1.165, 1.54) is 24.0 Å². The van der Waals surface area contributed by atoms with Crippen molar-refractivity contribution < 1.29 is 33.1 Å². The van der Waals surface area contributed by atoms with Gasteiger partial charge in [0.25, 0.3) is 0 Å². The van der Waals surface area contributed by atoms with E-state index in [4.69, 9.17) is 18.6 Å². The molecular weight excluding hydrogens is 1010 g/mol. The topological polar surface area (TPSA) is 182 Å². The second-order valence-corrected chi connectivity index (χ2v) is 20.7. The summed E-state index contributed by atoms with van der Waals surface area (Å²) in [5.74, 6) is 4.19. The van der Waals surface area contributed by atoms with Gasteiger partial charge >= 0.3 is 5.63 Å². The molecule has 8 aromatic rings. The number of aromatic nitrogens is 7. The van der Waals surface area contributed by atoms with Gasteiger partial charge < -0.3 is 38.9 Å². The van der Waals surface area contributed by atoms with E-state index in [1.54, 1.807) is 33.6 Å². The molecule has 2 aliphatic heterocycles. The van der Waals surface area contributed by atoms with Crippen LogP contribution in [0.5, 0.6) is 23.0 Å². The molecular formula is C63H79N10O7+. The van der Waals surface area contributed by atoms with E-state index >= 15 is 0 Å². The maximum atomic E-state index is 12.5. The van der Waals surface area contributed by atoms with Crippen molar-refractivity contribution in [3.05, 3.63) is 124 Å². The number of ether oxygens (including phenoxy) is 3. The third kappa shape index (κ3) is 12.0. The number of phenolic OH excluding ortho intramolecular Hbond substituents is 1. The van der Waals surface area contributed by atoms with Crippen molar-refractivity contribution in [3.63, 3.8) is 0 Å². The molecule has 7 heterocycles. The predicted octanol–water partition coefficient (Wildman–Crippen LogP) is 11.6. The average Bonchev–Trinajstić information content (AvgIpc) is 4.37. The molecule has 0 radical (unpaired) electrons. The largest absolute Gasteiger partial charge is 0.504 e. The number of benzene rings is 3. The van der Waals surface area contributed by atoms with Gasteiger partial charge in [0.1, 0.15) is 22.8 Å². The van der Waals surface area contributed by atoms with Crippen molar-refractivity contribution in [3.8, 4) is 45.6 Å². The second kappa shape index (κ2) is 25.5. The molecule has 17 nitrogen and oxygen atoms in total. The third-order valence-electron chi connectivity index (χ3n) is 16.0. The first kappa shape index (κ1) is 56.8. The highest BCUT2D eigenvalue weighted by Gasteiger charge is 2.29. The lowest BCUT2D eigenvalue weighted by Crippen LogP contribution is -2.40. The van der Waals surface area contributed by atoms with Crippen molar-refractivity contribution >= 4 is 45.2 Å². The number of nitrogens with one attached hydrogen (secondary N) is 2. The Hall–Kier alpha value is -7.92. The lowest BCUT2D eigenvalue weighted by molar-refractivity contribution is -0.686. The van der Waals surface area contributed by atoms with Gasteiger partial charge in [-0.1, -0.05) is 39.7 Å². The van der Waals surface area contributed by atoms with Crippen molar-refractivity contribution in [2.45, 2.75) is 125 Å². The first-order valence-electron chi connectivity index (χ1n) is 28.6. The third-order valence-corrected chi connectivity index (χ3v) is 16.0. The molecule has 1 atom stereocenters. The molecule has 2 aliphatic carbocycles. The van der Waals surface area contributed by atoms with Crippen molar-refractivity contribution in [1.82, 2.24) is 34.4 Å². The molecule has 0 spiro atoms. The first-order chi connectivity index (χ1) is 38.9. The standard InChI is InChI=1S/C21H32N6O.C20H21N3O2.C20H19NO4.C2H6/c1-3-26-15-18(16(2)24-26)14-25-12-9-19(10-13-25)27-20(8-11-22-27)23-21(28)17-6-4-5-7-17;1-4-23(5-2)14-8-7-13-10-15(20(24)25-17(13)11-14)19-21-16-9-6-12(3)18(16)22-19;1-23-18-5-4-12-8-16-14-10-17(22)19(24-2)9-13(14)6-7-21(16)11-15(12)20(18)25-3;1-2/h8,11,15,17,19H,3-7,9-10,12-14H2,1-2H3,(H,23,28);6-12H,4-5H2,1-3H3,(H,21,22);4-5,8-11H,6-7H2,1-3H3;1-2H3/p+1. The zero-order chi connectivity index (χ0) is 56.6. The minimum atomic E-state index is -0.367. The number of phenols is 1. The van der Waals surface area contributed by atoms with E-state index < -0.39 is 0 Å². The summed E-state index contributed by atoms with van der Waals surface area (Å²) in [6.45, 7) is 21.2. The normalized spacial score (nSPS) is 15.7. The Morgan fingerprint density at radius 1 is 0.912 bits per heavy atom. The van der Waals surface area contributed by atoms with E-state index in [1.807, 2.05) is 71.8 Å². The van der Waals surface area contributed by atoms with Crippen LogP contribution in [0.2, 0.25) is 0 Å². The van der Waals surface area contributed by atoms with E-state index in [-0.39, 0.29) is 23.2 Å². The van der Waals surface area contributed by atoms with Crippen molar-refractivity contribution in [1.29, 1.82) is 0 Å². The molecule has 1 saturated heterocycles. The summed E-state index contributed by atoms with van der Waals surface area (Å²) < 4.78 is 28.0. The molecule has 3 N–H and O–H groups in total. The number of nitrogens with zero attached hydrogens (tertiary/aromatic N) is 8. The fraction of sp³-hybridized carbons (Fsp3) is 0.429. The number of imidazole rings is 1. The van der Waals surface area contributed by atoms with Crippen molar-refractivity contribution in [2.75, 3.05) is 57.7 Å². The number of aryl methyl sites for hydroxylation is 4. The molecule has 4 aliphatic rings. The van der Waals surface area contributed by atoms with E-state index in [9.17, 15) is 14.7 Å². The molecule has 0 bridgehead atoms.